The molecule has 0 atom stereocenters. The molecule has 0 aromatic heterocycles. The predicted molar refractivity (Wildman–Crippen MR) is 184 cm³/mol. The van der Waals surface area contributed by atoms with Crippen LogP contribution in [0.3, 0.4) is 0 Å². The van der Waals surface area contributed by atoms with Crippen molar-refractivity contribution in [3.63, 3.8) is 0 Å². The van der Waals surface area contributed by atoms with E-state index in [1.807, 2.05) is 23.5 Å². The van der Waals surface area contributed by atoms with Gasteiger partial charge in [0.25, 0.3) is 0 Å². The van der Waals surface area contributed by atoms with Crippen LogP contribution >= 0.6 is 23.5 Å². The van der Waals surface area contributed by atoms with Crippen LogP contribution in [0.2, 0.25) is 0 Å². The Morgan fingerprint density at radius 1 is 0.532 bits per heavy atom. The summed E-state index contributed by atoms with van der Waals surface area (Å²) in [6.45, 7) is 2.30. The zero-order valence-electron chi connectivity index (χ0n) is 25.4. The summed E-state index contributed by atoms with van der Waals surface area (Å²) in [7, 11) is -12.1. The van der Waals surface area contributed by atoms with Crippen LogP contribution in [0.15, 0.2) is 147 Å². The lowest BCUT2D eigenvalue weighted by Crippen LogP contribution is -2.16. The average molecular weight is 730 g/mol. The molecule has 250 valence electrons. The molecule has 6 rings (SSSR count). The quantitative estimate of drug-likeness (QED) is 0.0766. The normalized spacial score (nSPS) is 14.4. The molecule has 2 heterocycles. The Morgan fingerprint density at radius 3 is 1.28 bits per heavy atom. The second-order valence-corrected chi connectivity index (χ2v) is 16.3. The van der Waals surface area contributed by atoms with Crippen LogP contribution in [-0.2, 0) is 21.8 Å². The molecule has 0 N–H and O–H groups in total. The van der Waals surface area contributed by atoms with Gasteiger partial charge in [0.05, 0.1) is 30.5 Å². The van der Waals surface area contributed by atoms with E-state index in [2.05, 4.69) is 109 Å². The summed E-state index contributed by atoms with van der Waals surface area (Å²) in [6, 6.07) is 36.4. The number of unbranched alkanes of at least 4 members (excludes halogenated alkanes) is 4. The van der Waals surface area contributed by atoms with Crippen molar-refractivity contribution in [2.24, 2.45) is 0 Å². The van der Waals surface area contributed by atoms with Crippen molar-refractivity contribution in [1.82, 2.24) is 0 Å². The molecule has 2 aliphatic rings. The van der Waals surface area contributed by atoms with Gasteiger partial charge < -0.3 is 34.5 Å². The number of hydrogen-bond acceptors (Lipinski definition) is 2. The number of fused-ring (bicyclic) bond motifs is 4. The Kier molecular flexibility index (Phi) is 13.8. The van der Waals surface area contributed by atoms with E-state index < -0.39 is 14.5 Å². The highest BCUT2D eigenvalue weighted by atomic mass is 32.2. The summed E-state index contributed by atoms with van der Waals surface area (Å²) in [6.07, 6.45) is 7.73. The highest BCUT2D eigenvalue weighted by Crippen LogP contribution is 2.51. The minimum Gasteiger partial charge on any atom is -0.418 e. The highest BCUT2D eigenvalue weighted by Gasteiger charge is 2.43. The number of rotatable bonds is 8. The van der Waals surface area contributed by atoms with Crippen molar-refractivity contribution in [2.75, 3.05) is 0 Å². The Hall–Kier alpha value is -2.41. The van der Waals surface area contributed by atoms with Gasteiger partial charge in [-0.1, -0.05) is 105 Å². The van der Waals surface area contributed by atoms with Gasteiger partial charge in [-0.25, -0.2) is 0 Å². The van der Waals surface area contributed by atoms with Gasteiger partial charge in [0.2, 0.25) is 0 Å². The summed E-state index contributed by atoms with van der Waals surface area (Å²) < 4.78 is 78.0. The largest absolute Gasteiger partial charge is 0.673 e. The van der Waals surface area contributed by atoms with E-state index in [9.17, 15) is 34.5 Å². The van der Waals surface area contributed by atoms with Crippen LogP contribution in [0.1, 0.15) is 45.4 Å². The number of halogens is 8. The van der Waals surface area contributed by atoms with E-state index in [-0.39, 0.29) is 21.8 Å². The fourth-order valence-corrected chi connectivity index (χ4v) is 12.9. The van der Waals surface area contributed by atoms with Crippen LogP contribution < -0.4 is 0 Å². The highest BCUT2D eigenvalue weighted by molar-refractivity contribution is 8.07. The monoisotopic (exact) mass is 730 g/mol. The fraction of sp³-hybridized carbons (Fsp3) is 0.212. The van der Waals surface area contributed by atoms with E-state index in [1.165, 1.54) is 77.7 Å². The molecule has 47 heavy (non-hydrogen) atoms. The summed E-state index contributed by atoms with van der Waals surface area (Å²) >= 11 is 3.87. The van der Waals surface area contributed by atoms with Crippen molar-refractivity contribution in [3.05, 3.63) is 107 Å². The van der Waals surface area contributed by atoms with Crippen molar-refractivity contribution >= 4 is 59.8 Å². The summed E-state index contributed by atoms with van der Waals surface area (Å²) in [4.78, 5) is 13.2. The van der Waals surface area contributed by atoms with Crippen molar-refractivity contribution in [2.45, 2.75) is 84.6 Å². The van der Waals surface area contributed by atoms with Gasteiger partial charge in [-0.05, 0) is 55.0 Å². The lowest BCUT2D eigenvalue weighted by atomic mass is 10.1. The van der Waals surface area contributed by atoms with Crippen LogP contribution in [-0.4, -0.2) is 14.5 Å². The first-order chi connectivity index (χ1) is 22.3. The fourth-order valence-electron chi connectivity index (χ4n) is 4.97. The molecular formula is C33H32B2F8S4. The van der Waals surface area contributed by atoms with E-state index in [1.54, 1.807) is 4.91 Å². The molecule has 0 spiro atoms. The molecule has 2 aliphatic heterocycles. The second-order valence-electron chi connectivity index (χ2n) is 10.4. The van der Waals surface area contributed by atoms with E-state index >= 15 is 0 Å². The van der Waals surface area contributed by atoms with E-state index in [0.717, 1.165) is 0 Å². The summed E-state index contributed by atoms with van der Waals surface area (Å²) in [5.74, 6) is 0. The third-order valence-corrected chi connectivity index (χ3v) is 14.4. The number of benzene rings is 4. The molecule has 4 aromatic carbocycles. The first-order valence-corrected chi connectivity index (χ1v) is 19.1. The van der Waals surface area contributed by atoms with Gasteiger partial charge in [-0.2, -0.15) is 0 Å². The lowest BCUT2D eigenvalue weighted by molar-refractivity contribution is 0.366. The van der Waals surface area contributed by atoms with E-state index in [4.69, 9.17) is 0 Å². The maximum Gasteiger partial charge on any atom is 0.673 e. The van der Waals surface area contributed by atoms with Crippen molar-refractivity contribution in [1.29, 1.82) is 0 Å². The Bertz CT molecular complexity index is 1530. The first-order valence-electron chi connectivity index (χ1n) is 15.0. The molecule has 4 aromatic rings. The van der Waals surface area contributed by atoms with E-state index in [0.29, 0.717) is 0 Å². The maximum absolute atomic E-state index is 9.75. The smallest absolute Gasteiger partial charge is 0.418 e. The number of allylic oxidation sites excluding steroid dienone is 1. The molecule has 0 aliphatic carbocycles. The minimum absolute atomic E-state index is 0.0544. The molecule has 0 amide bonds. The Labute approximate surface area is 285 Å². The predicted octanol–water partition coefficient (Wildman–Crippen LogP) is 13.2. The molecule has 0 fully saturated rings. The van der Waals surface area contributed by atoms with Crippen molar-refractivity contribution < 1.29 is 34.5 Å². The molecular weight excluding hydrogens is 698 g/mol. The molecule has 0 saturated carbocycles. The summed E-state index contributed by atoms with van der Waals surface area (Å²) in [5, 5.41) is 2.70. The lowest BCUT2D eigenvalue weighted by Gasteiger charge is -2.21. The molecule has 0 unspecified atom stereocenters. The van der Waals surface area contributed by atoms with Crippen LogP contribution in [0.25, 0.3) is 0 Å². The second kappa shape index (κ2) is 17.3. The standard InChI is InChI=1S/C33H32S4.2BF4/c1-2-3-4-5-6-15-25(37-32-22-13-9-18-28(32)35-29-19-10-14-23-33(29)37)24-36-30-20-11-7-16-26(30)34-27-17-8-12-21-31(27)36;2*2-1(3,4)5/h7-14,16-24H,2-6,15H2,1H3;;/q+2;2*-1/b25-24+;;. The van der Waals surface area contributed by atoms with Gasteiger partial charge in [0.15, 0.2) is 29.9 Å². The van der Waals surface area contributed by atoms with Crippen molar-refractivity contribution in [3.8, 4) is 0 Å². The topological polar surface area (TPSA) is 0 Å². The van der Waals surface area contributed by atoms with Crippen LogP contribution in [0, 0.1) is 0 Å². The first kappa shape index (κ1) is 37.4. The van der Waals surface area contributed by atoms with Crippen LogP contribution in [0.4, 0.5) is 34.5 Å². The Balaban J connectivity index is 0.000000439. The molecule has 0 saturated heterocycles. The van der Waals surface area contributed by atoms with Crippen LogP contribution in [0.5, 0.6) is 0 Å². The minimum atomic E-state index is -6.00. The number of hydrogen-bond donors (Lipinski definition) is 0. The molecule has 0 nitrogen and oxygen atoms in total. The maximum atomic E-state index is 9.75. The molecule has 0 radical (unpaired) electrons. The summed E-state index contributed by atoms with van der Waals surface area (Å²) in [5.41, 5.74) is 0. The zero-order chi connectivity index (χ0) is 34.0. The van der Waals surface area contributed by atoms with Gasteiger partial charge in [0.1, 0.15) is 10.9 Å². The Morgan fingerprint density at radius 2 is 0.872 bits per heavy atom. The van der Waals surface area contributed by atoms with Gasteiger partial charge in [-0.3, -0.25) is 0 Å². The third-order valence-electron chi connectivity index (χ3n) is 6.79. The molecule has 14 heteroatoms. The van der Waals surface area contributed by atoms with Gasteiger partial charge in [-0.15, -0.1) is 0 Å². The average Bonchev–Trinajstić information content (AvgIpc) is 3.01. The third kappa shape index (κ3) is 11.6. The zero-order valence-corrected chi connectivity index (χ0v) is 28.6. The van der Waals surface area contributed by atoms with Gasteiger partial charge >= 0.3 is 14.5 Å². The SMILES string of the molecule is CCCCCCC/C(=C\[S+]1c2ccccc2Sc2ccccc21)[S+]1c2ccccc2Sc2ccccc21.F[B-](F)(F)F.F[B-](F)(F)F. The molecule has 0 bridgehead atoms. The van der Waals surface area contributed by atoms with Gasteiger partial charge in [0, 0.05) is 6.42 Å².